The van der Waals surface area contributed by atoms with Crippen LogP contribution in [0.25, 0.3) is 32.3 Å². The van der Waals surface area contributed by atoms with Crippen LogP contribution in [0.3, 0.4) is 0 Å². The number of amides is 2. The second-order valence-corrected chi connectivity index (χ2v) is 8.02. The largest absolute Gasteiger partial charge is 0.377 e. The number of carbonyl (C=O) groups is 2. The Morgan fingerprint density at radius 2 is 1.18 bits per heavy atom. The molecule has 1 heterocycles. The fraction of sp³-hybridized carbons (Fsp3) is 0.259. The van der Waals surface area contributed by atoms with Crippen molar-refractivity contribution in [2.24, 2.45) is 0 Å². The molecule has 0 spiro atoms. The summed E-state index contributed by atoms with van der Waals surface area (Å²) in [6.07, 6.45) is 2.54. The van der Waals surface area contributed by atoms with Crippen LogP contribution in [-0.4, -0.2) is 56.3 Å². The molecule has 0 aromatic heterocycles. The number of ether oxygens (including phenoxy) is 3. The van der Waals surface area contributed by atoms with Gasteiger partial charge in [-0.2, -0.15) is 0 Å². The highest BCUT2D eigenvalue weighted by Gasteiger charge is 2.22. The van der Waals surface area contributed by atoms with Gasteiger partial charge in [0, 0.05) is 12.2 Å². The first-order valence-electron chi connectivity index (χ1n) is 11.1. The lowest BCUT2D eigenvalue weighted by molar-refractivity contribution is -0.137. The van der Waals surface area contributed by atoms with Crippen LogP contribution in [0.1, 0.15) is 5.56 Å². The number of benzene rings is 4. The van der Waals surface area contributed by atoms with E-state index < -0.39 is 0 Å². The molecule has 4 aromatic carbocycles. The molecule has 168 valence electrons. The second kappa shape index (κ2) is 9.67. The zero-order valence-corrected chi connectivity index (χ0v) is 18.3. The Kier molecular flexibility index (Phi) is 6.30. The molecule has 0 aliphatic carbocycles. The van der Waals surface area contributed by atoms with E-state index in [0.717, 1.165) is 4.90 Å². The lowest BCUT2D eigenvalue weighted by Crippen LogP contribution is -2.33. The Bertz CT molecular complexity index is 1290. The standard InChI is InChI=1S/C27H25NO5/c29-24-10-11-25(30)28(24)12-13-31-14-15-32-16-17-33-18-22-7-6-21-5-4-19-2-1-3-20-8-9-23(22)27(21)26(19)20/h1-11H,12-18H2. The fourth-order valence-corrected chi connectivity index (χ4v) is 4.35. The zero-order valence-electron chi connectivity index (χ0n) is 18.3. The van der Waals surface area contributed by atoms with Gasteiger partial charge in [0.2, 0.25) is 0 Å². The normalized spacial score (nSPS) is 14.0. The molecule has 6 heteroatoms. The van der Waals surface area contributed by atoms with Crippen molar-refractivity contribution in [3.05, 3.63) is 72.3 Å². The average Bonchev–Trinajstić information content (AvgIpc) is 3.16. The number of imide groups is 1. The molecule has 5 rings (SSSR count). The van der Waals surface area contributed by atoms with E-state index in [1.54, 1.807) is 0 Å². The van der Waals surface area contributed by atoms with Crippen LogP contribution in [0.15, 0.2) is 66.7 Å². The van der Waals surface area contributed by atoms with Crippen LogP contribution in [0.2, 0.25) is 0 Å². The van der Waals surface area contributed by atoms with Crippen molar-refractivity contribution in [2.75, 3.05) is 39.6 Å². The molecule has 0 N–H and O–H groups in total. The molecule has 0 atom stereocenters. The maximum atomic E-state index is 11.4. The first kappa shape index (κ1) is 21.5. The summed E-state index contributed by atoms with van der Waals surface area (Å²) in [4.78, 5) is 24.0. The van der Waals surface area contributed by atoms with Crippen molar-refractivity contribution in [1.29, 1.82) is 0 Å². The van der Waals surface area contributed by atoms with E-state index in [0.29, 0.717) is 39.6 Å². The van der Waals surface area contributed by atoms with Crippen molar-refractivity contribution < 1.29 is 23.8 Å². The zero-order chi connectivity index (χ0) is 22.6. The van der Waals surface area contributed by atoms with E-state index in [4.69, 9.17) is 14.2 Å². The molecule has 0 saturated carbocycles. The summed E-state index contributed by atoms with van der Waals surface area (Å²) in [6, 6.07) is 19.5. The van der Waals surface area contributed by atoms with E-state index >= 15 is 0 Å². The van der Waals surface area contributed by atoms with Crippen LogP contribution in [0.4, 0.5) is 0 Å². The smallest absolute Gasteiger partial charge is 0.253 e. The molecule has 1 aliphatic heterocycles. The minimum absolute atomic E-state index is 0.257. The van der Waals surface area contributed by atoms with Gasteiger partial charge in [0.25, 0.3) is 11.8 Å². The van der Waals surface area contributed by atoms with Crippen molar-refractivity contribution in [1.82, 2.24) is 4.90 Å². The molecule has 4 aromatic rings. The first-order valence-corrected chi connectivity index (χ1v) is 11.1. The van der Waals surface area contributed by atoms with Gasteiger partial charge in [-0.05, 0) is 37.9 Å². The summed E-state index contributed by atoms with van der Waals surface area (Å²) in [5.74, 6) is -0.580. The van der Waals surface area contributed by atoms with Crippen LogP contribution >= 0.6 is 0 Å². The highest BCUT2D eigenvalue weighted by molar-refractivity contribution is 6.23. The Labute approximate surface area is 191 Å². The van der Waals surface area contributed by atoms with Gasteiger partial charge in [-0.1, -0.05) is 54.6 Å². The molecule has 33 heavy (non-hydrogen) atoms. The summed E-state index contributed by atoms with van der Waals surface area (Å²) in [6.45, 7) is 2.88. The summed E-state index contributed by atoms with van der Waals surface area (Å²) >= 11 is 0. The molecule has 2 amide bonds. The Morgan fingerprint density at radius 1 is 0.606 bits per heavy atom. The Hall–Kier alpha value is -3.32. The highest BCUT2D eigenvalue weighted by Crippen LogP contribution is 2.36. The minimum atomic E-state index is -0.290. The quantitative estimate of drug-likeness (QED) is 0.199. The van der Waals surface area contributed by atoms with Crippen molar-refractivity contribution in [3.8, 4) is 0 Å². The highest BCUT2D eigenvalue weighted by atomic mass is 16.5. The summed E-state index contributed by atoms with van der Waals surface area (Å²) in [5.41, 5.74) is 1.17. The van der Waals surface area contributed by atoms with Crippen LogP contribution < -0.4 is 0 Å². The average molecular weight is 443 g/mol. The minimum Gasteiger partial charge on any atom is -0.377 e. The third kappa shape index (κ3) is 4.46. The number of hydrogen-bond donors (Lipinski definition) is 0. The third-order valence-corrected chi connectivity index (χ3v) is 5.98. The SMILES string of the molecule is O=C1C=CC(=O)N1CCOCCOCCOCc1ccc2ccc3cccc4ccc1c2c34. The van der Waals surface area contributed by atoms with Gasteiger partial charge in [-0.3, -0.25) is 14.5 Å². The van der Waals surface area contributed by atoms with Gasteiger partial charge in [-0.25, -0.2) is 0 Å². The number of nitrogens with zero attached hydrogens (tertiary/aromatic N) is 1. The van der Waals surface area contributed by atoms with Crippen molar-refractivity contribution in [2.45, 2.75) is 6.61 Å². The van der Waals surface area contributed by atoms with Gasteiger partial charge in [0.1, 0.15) is 0 Å². The van der Waals surface area contributed by atoms with Gasteiger partial charge in [-0.15, -0.1) is 0 Å². The fourth-order valence-electron chi connectivity index (χ4n) is 4.35. The van der Waals surface area contributed by atoms with Gasteiger partial charge >= 0.3 is 0 Å². The number of hydrogen-bond acceptors (Lipinski definition) is 5. The molecule has 0 unspecified atom stereocenters. The van der Waals surface area contributed by atoms with Crippen LogP contribution in [0.5, 0.6) is 0 Å². The Balaban J connectivity index is 1.06. The van der Waals surface area contributed by atoms with E-state index in [1.807, 2.05) is 0 Å². The summed E-state index contributed by atoms with van der Waals surface area (Å²) in [5, 5.41) is 7.61. The lowest BCUT2D eigenvalue weighted by Gasteiger charge is -2.14. The van der Waals surface area contributed by atoms with E-state index in [-0.39, 0.29) is 18.4 Å². The third-order valence-electron chi connectivity index (χ3n) is 5.98. The maximum Gasteiger partial charge on any atom is 0.253 e. The molecule has 0 bridgehead atoms. The van der Waals surface area contributed by atoms with Gasteiger partial charge < -0.3 is 14.2 Å². The van der Waals surface area contributed by atoms with E-state index in [9.17, 15) is 9.59 Å². The molecule has 6 nitrogen and oxygen atoms in total. The number of carbonyl (C=O) groups excluding carboxylic acids is 2. The topological polar surface area (TPSA) is 65.1 Å². The predicted molar refractivity (Wildman–Crippen MR) is 127 cm³/mol. The first-order chi connectivity index (χ1) is 16.2. The molecule has 1 aliphatic rings. The van der Waals surface area contributed by atoms with Crippen molar-refractivity contribution in [3.63, 3.8) is 0 Å². The molecular formula is C27H25NO5. The molecule has 0 fully saturated rings. The Morgan fingerprint density at radius 3 is 1.91 bits per heavy atom. The lowest BCUT2D eigenvalue weighted by atomic mass is 9.92. The van der Waals surface area contributed by atoms with E-state index in [1.165, 1.54) is 50.0 Å². The van der Waals surface area contributed by atoms with Gasteiger partial charge in [0.15, 0.2) is 0 Å². The monoisotopic (exact) mass is 443 g/mol. The van der Waals surface area contributed by atoms with Crippen molar-refractivity contribution >= 4 is 44.1 Å². The van der Waals surface area contributed by atoms with Crippen LogP contribution in [-0.2, 0) is 30.4 Å². The molecule has 0 radical (unpaired) electrons. The number of rotatable bonds is 11. The molecular weight excluding hydrogens is 418 g/mol. The maximum absolute atomic E-state index is 11.4. The van der Waals surface area contributed by atoms with Gasteiger partial charge in [0.05, 0.1) is 46.2 Å². The van der Waals surface area contributed by atoms with E-state index in [2.05, 4.69) is 54.6 Å². The summed E-state index contributed by atoms with van der Waals surface area (Å²) < 4.78 is 16.9. The summed E-state index contributed by atoms with van der Waals surface area (Å²) in [7, 11) is 0. The second-order valence-electron chi connectivity index (χ2n) is 8.02. The predicted octanol–water partition coefficient (Wildman–Crippen LogP) is 4.06. The molecule has 0 saturated heterocycles. The van der Waals surface area contributed by atoms with Crippen LogP contribution in [0, 0.1) is 0 Å².